The summed E-state index contributed by atoms with van der Waals surface area (Å²) in [7, 11) is -2.25. The Morgan fingerprint density at radius 2 is 1.00 bits per heavy atom. The number of hydrogen-bond acceptors (Lipinski definition) is 0. The molecule has 0 fully saturated rings. The monoisotopic (exact) mass is 446 g/mol. The van der Waals surface area contributed by atoms with Crippen LogP contribution < -0.4 is 15.9 Å². The molecule has 2 heteroatoms. The van der Waals surface area contributed by atoms with Crippen LogP contribution in [-0.4, -0.2) is 0 Å². The van der Waals surface area contributed by atoms with Gasteiger partial charge in [-0.15, -0.1) is 0 Å². The van der Waals surface area contributed by atoms with E-state index in [4.69, 9.17) is 0 Å². The summed E-state index contributed by atoms with van der Waals surface area (Å²) in [6.45, 7) is 2.17. The second-order valence-corrected chi connectivity index (χ2v) is 11.9. The maximum atomic E-state index is 3.87. The Labute approximate surface area is 176 Å². The van der Waals surface area contributed by atoms with Crippen molar-refractivity contribution in [1.29, 1.82) is 0 Å². The number of halogens is 1. The van der Waals surface area contributed by atoms with Crippen molar-refractivity contribution in [2.75, 3.05) is 0 Å². The SMILES string of the molecule is Cc1cccc(C[PH](c2ccccc2)(c2ccccc2)c2ccccc2)c1Br. The number of benzene rings is 4. The molecular weight excluding hydrogens is 423 g/mol. The molecule has 0 amide bonds. The summed E-state index contributed by atoms with van der Waals surface area (Å²) in [5.74, 6) is 0. The summed E-state index contributed by atoms with van der Waals surface area (Å²) in [6, 6.07) is 39.9. The zero-order valence-corrected chi connectivity index (χ0v) is 18.6. The van der Waals surface area contributed by atoms with Gasteiger partial charge in [-0.1, -0.05) is 0 Å². The van der Waals surface area contributed by atoms with E-state index >= 15 is 0 Å². The Morgan fingerprint density at radius 3 is 1.43 bits per heavy atom. The molecule has 0 nitrogen and oxygen atoms in total. The molecule has 0 spiro atoms. The van der Waals surface area contributed by atoms with E-state index in [1.165, 1.54) is 31.5 Å². The van der Waals surface area contributed by atoms with Crippen LogP contribution in [0.2, 0.25) is 0 Å². The average molecular weight is 447 g/mol. The van der Waals surface area contributed by atoms with Gasteiger partial charge in [0.2, 0.25) is 0 Å². The van der Waals surface area contributed by atoms with Crippen molar-refractivity contribution in [2.24, 2.45) is 0 Å². The van der Waals surface area contributed by atoms with Gasteiger partial charge in [-0.3, -0.25) is 0 Å². The van der Waals surface area contributed by atoms with Crippen molar-refractivity contribution in [2.45, 2.75) is 13.1 Å². The molecule has 0 heterocycles. The van der Waals surface area contributed by atoms with Gasteiger partial charge >= 0.3 is 177 Å². The Balaban J connectivity index is 2.02. The van der Waals surface area contributed by atoms with Crippen LogP contribution in [0, 0.1) is 6.92 Å². The molecular formula is C26H24BrP. The molecule has 140 valence electrons. The van der Waals surface area contributed by atoms with Crippen molar-refractivity contribution in [3.63, 3.8) is 0 Å². The predicted octanol–water partition coefficient (Wildman–Crippen LogP) is 5.98. The van der Waals surface area contributed by atoms with E-state index in [0.29, 0.717) is 0 Å². The Morgan fingerprint density at radius 1 is 0.571 bits per heavy atom. The summed E-state index contributed by atoms with van der Waals surface area (Å²) in [5.41, 5.74) is 2.66. The molecule has 0 saturated heterocycles. The van der Waals surface area contributed by atoms with Crippen LogP contribution >= 0.6 is 23.2 Å². The first kappa shape index (κ1) is 19.1. The molecule has 0 N–H and O–H groups in total. The molecule has 0 aliphatic rings. The third-order valence-corrected chi connectivity index (χ3v) is 11.5. The van der Waals surface area contributed by atoms with Crippen molar-refractivity contribution in [1.82, 2.24) is 0 Å². The normalized spacial score (nSPS) is 11.9. The van der Waals surface area contributed by atoms with E-state index < -0.39 is 7.26 Å². The van der Waals surface area contributed by atoms with Gasteiger partial charge in [-0.2, -0.15) is 0 Å². The van der Waals surface area contributed by atoms with Crippen LogP contribution in [0.3, 0.4) is 0 Å². The minimum absolute atomic E-state index is 1.02. The molecule has 0 radical (unpaired) electrons. The average Bonchev–Trinajstić information content (AvgIpc) is 2.77. The molecule has 0 aliphatic carbocycles. The van der Waals surface area contributed by atoms with Gasteiger partial charge in [-0.25, -0.2) is 0 Å². The van der Waals surface area contributed by atoms with Gasteiger partial charge in [0.15, 0.2) is 0 Å². The molecule has 0 aromatic heterocycles. The van der Waals surface area contributed by atoms with Gasteiger partial charge in [0.05, 0.1) is 0 Å². The molecule has 0 atom stereocenters. The predicted molar refractivity (Wildman–Crippen MR) is 129 cm³/mol. The van der Waals surface area contributed by atoms with Crippen molar-refractivity contribution in [3.05, 3.63) is 125 Å². The summed E-state index contributed by atoms with van der Waals surface area (Å²) >= 11 is 3.87. The molecule has 4 aromatic carbocycles. The molecule has 0 saturated carbocycles. The van der Waals surface area contributed by atoms with Gasteiger partial charge in [0.1, 0.15) is 0 Å². The van der Waals surface area contributed by atoms with Crippen LogP contribution in [0.15, 0.2) is 114 Å². The fourth-order valence-corrected chi connectivity index (χ4v) is 9.53. The summed E-state index contributed by atoms with van der Waals surface area (Å²) in [4.78, 5) is 0. The van der Waals surface area contributed by atoms with Crippen molar-refractivity contribution in [3.8, 4) is 0 Å². The fraction of sp³-hybridized carbons (Fsp3) is 0.0769. The molecule has 0 bridgehead atoms. The van der Waals surface area contributed by atoms with Crippen molar-refractivity contribution < 1.29 is 0 Å². The first-order valence-electron chi connectivity index (χ1n) is 9.62. The third kappa shape index (κ3) is 3.58. The first-order chi connectivity index (χ1) is 13.7. The topological polar surface area (TPSA) is 0 Å². The Hall–Kier alpha value is -2.21. The Kier molecular flexibility index (Phi) is 5.76. The molecule has 28 heavy (non-hydrogen) atoms. The third-order valence-electron chi connectivity index (χ3n) is 5.53. The second-order valence-electron chi connectivity index (χ2n) is 7.23. The van der Waals surface area contributed by atoms with Crippen LogP contribution in [0.4, 0.5) is 0 Å². The van der Waals surface area contributed by atoms with Crippen LogP contribution in [0.1, 0.15) is 11.1 Å². The molecule has 4 rings (SSSR count). The van der Waals surface area contributed by atoms with E-state index in [1.54, 1.807) is 0 Å². The zero-order chi connectivity index (χ0) is 19.4. The fourth-order valence-electron chi connectivity index (χ4n) is 4.10. The summed E-state index contributed by atoms with van der Waals surface area (Å²) < 4.78 is 1.23. The van der Waals surface area contributed by atoms with E-state index in [-0.39, 0.29) is 0 Å². The van der Waals surface area contributed by atoms with Gasteiger partial charge in [-0.05, 0) is 0 Å². The number of aryl methyl sites for hydroxylation is 1. The van der Waals surface area contributed by atoms with Gasteiger partial charge in [0, 0.05) is 0 Å². The Bertz CT molecular complexity index is 947. The first-order valence-corrected chi connectivity index (χ1v) is 12.6. The van der Waals surface area contributed by atoms with E-state index in [9.17, 15) is 0 Å². The number of rotatable bonds is 5. The summed E-state index contributed by atoms with van der Waals surface area (Å²) in [5, 5.41) is 4.34. The molecule has 0 unspecified atom stereocenters. The van der Waals surface area contributed by atoms with Gasteiger partial charge in [0.25, 0.3) is 0 Å². The van der Waals surface area contributed by atoms with E-state index in [0.717, 1.165) is 6.16 Å². The minimum atomic E-state index is -2.25. The number of hydrogen-bond donors (Lipinski definition) is 0. The molecule has 4 aromatic rings. The van der Waals surface area contributed by atoms with E-state index in [1.807, 2.05) is 0 Å². The molecule has 0 aliphatic heterocycles. The quantitative estimate of drug-likeness (QED) is 0.330. The standard InChI is InChI=1S/C26H24BrP/c1-21-12-11-13-22(26(21)27)20-28(23-14-5-2-6-15-23,24-16-7-3-8-17-24)25-18-9-4-10-19-25/h2-19,28H,20H2,1H3. The van der Waals surface area contributed by atoms with Crippen LogP contribution in [-0.2, 0) is 6.16 Å². The van der Waals surface area contributed by atoms with Gasteiger partial charge < -0.3 is 0 Å². The second kappa shape index (κ2) is 8.43. The maximum absolute atomic E-state index is 3.87. The zero-order valence-electron chi connectivity index (χ0n) is 16.0. The van der Waals surface area contributed by atoms with Crippen molar-refractivity contribution >= 4 is 39.1 Å². The van der Waals surface area contributed by atoms with Crippen LogP contribution in [0.25, 0.3) is 0 Å². The van der Waals surface area contributed by atoms with Crippen LogP contribution in [0.5, 0.6) is 0 Å². The van der Waals surface area contributed by atoms with E-state index in [2.05, 4.69) is 132 Å². The summed E-state index contributed by atoms with van der Waals surface area (Å²) in [6.07, 6.45) is 1.02.